The minimum absolute atomic E-state index is 0.209. The van der Waals surface area contributed by atoms with Crippen LogP contribution in [-0.4, -0.2) is 17.6 Å². The standard InChI is InChI=1S/C12H15F2NO2/c1-8(2)4-3-7-17-12(16)9-5-6-15-11(14)10(9)13/h5-6,8H,3-4,7H2,1-2H3. The third-order valence-electron chi connectivity index (χ3n) is 2.23. The molecule has 0 saturated carbocycles. The largest absolute Gasteiger partial charge is 0.462 e. The first-order valence-electron chi connectivity index (χ1n) is 5.49. The summed E-state index contributed by atoms with van der Waals surface area (Å²) in [6.07, 6.45) is 2.65. The number of hydrogen-bond acceptors (Lipinski definition) is 3. The first-order valence-corrected chi connectivity index (χ1v) is 5.49. The van der Waals surface area contributed by atoms with Gasteiger partial charge in [-0.2, -0.15) is 4.39 Å². The van der Waals surface area contributed by atoms with Gasteiger partial charge in [0.2, 0.25) is 5.95 Å². The molecule has 0 aliphatic carbocycles. The Kier molecular flexibility index (Phi) is 5.00. The van der Waals surface area contributed by atoms with Gasteiger partial charge in [0.15, 0.2) is 5.82 Å². The van der Waals surface area contributed by atoms with Crippen molar-refractivity contribution in [2.75, 3.05) is 6.61 Å². The Hall–Kier alpha value is -1.52. The minimum Gasteiger partial charge on any atom is -0.462 e. The summed E-state index contributed by atoms with van der Waals surface area (Å²) in [6, 6.07) is 1.10. The lowest BCUT2D eigenvalue weighted by Gasteiger charge is -2.07. The third kappa shape index (κ3) is 4.09. The van der Waals surface area contributed by atoms with Crippen LogP contribution in [0.5, 0.6) is 0 Å². The van der Waals surface area contributed by atoms with Gasteiger partial charge in [-0.05, 0) is 24.8 Å². The molecule has 0 aliphatic heterocycles. The fourth-order valence-corrected chi connectivity index (χ4v) is 1.31. The minimum atomic E-state index is -1.29. The molecule has 94 valence electrons. The monoisotopic (exact) mass is 243 g/mol. The molecule has 0 amide bonds. The van der Waals surface area contributed by atoms with Crippen LogP contribution in [0.4, 0.5) is 8.78 Å². The molecule has 17 heavy (non-hydrogen) atoms. The zero-order chi connectivity index (χ0) is 12.8. The summed E-state index contributed by atoms with van der Waals surface area (Å²) < 4.78 is 30.7. The highest BCUT2D eigenvalue weighted by Gasteiger charge is 2.17. The van der Waals surface area contributed by atoms with E-state index in [0.29, 0.717) is 12.3 Å². The number of nitrogens with zero attached hydrogens (tertiary/aromatic N) is 1. The summed E-state index contributed by atoms with van der Waals surface area (Å²) in [5.74, 6) is -2.89. The predicted molar refractivity (Wildman–Crippen MR) is 58.5 cm³/mol. The summed E-state index contributed by atoms with van der Waals surface area (Å²) in [5, 5.41) is 0. The molecule has 5 heteroatoms. The van der Waals surface area contributed by atoms with E-state index in [1.807, 2.05) is 0 Å². The SMILES string of the molecule is CC(C)CCCOC(=O)c1ccnc(F)c1F. The molecule has 0 unspecified atom stereocenters. The third-order valence-corrected chi connectivity index (χ3v) is 2.23. The molecule has 1 aromatic heterocycles. The van der Waals surface area contributed by atoms with Gasteiger partial charge in [0.1, 0.15) is 5.56 Å². The second-order valence-electron chi connectivity index (χ2n) is 4.14. The van der Waals surface area contributed by atoms with Crippen LogP contribution in [0, 0.1) is 17.7 Å². The van der Waals surface area contributed by atoms with Crippen LogP contribution in [0.3, 0.4) is 0 Å². The van der Waals surface area contributed by atoms with Crippen molar-refractivity contribution >= 4 is 5.97 Å². The van der Waals surface area contributed by atoms with E-state index >= 15 is 0 Å². The molecule has 1 aromatic rings. The zero-order valence-corrected chi connectivity index (χ0v) is 9.87. The van der Waals surface area contributed by atoms with Crippen LogP contribution in [0.25, 0.3) is 0 Å². The number of esters is 1. The van der Waals surface area contributed by atoms with Crippen molar-refractivity contribution in [3.05, 3.63) is 29.6 Å². The number of halogens is 2. The molecular weight excluding hydrogens is 228 g/mol. The van der Waals surface area contributed by atoms with E-state index in [4.69, 9.17) is 4.74 Å². The van der Waals surface area contributed by atoms with Crippen molar-refractivity contribution < 1.29 is 18.3 Å². The van der Waals surface area contributed by atoms with E-state index in [-0.39, 0.29) is 6.61 Å². The van der Waals surface area contributed by atoms with E-state index in [0.717, 1.165) is 18.7 Å². The number of ether oxygens (including phenoxy) is 1. The van der Waals surface area contributed by atoms with Crippen LogP contribution in [-0.2, 0) is 4.74 Å². The lowest BCUT2D eigenvalue weighted by molar-refractivity contribution is 0.0487. The highest BCUT2D eigenvalue weighted by atomic mass is 19.2. The number of aromatic nitrogens is 1. The Morgan fingerprint density at radius 3 is 2.82 bits per heavy atom. The zero-order valence-electron chi connectivity index (χ0n) is 9.87. The number of carbonyl (C=O) groups is 1. The fraction of sp³-hybridized carbons (Fsp3) is 0.500. The van der Waals surface area contributed by atoms with Gasteiger partial charge in [0, 0.05) is 6.20 Å². The van der Waals surface area contributed by atoms with Crippen LogP contribution in [0.1, 0.15) is 37.0 Å². The Labute approximate surface area is 98.8 Å². The fourth-order valence-electron chi connectivity index (χ4n) is 1.31. The number of carbonyl (C=O) groups excluding carboxylic acids is 1. The van der Waals surface area contributed by atoms with Gasteiger partial charge in [-0.25, -0.2) is 14.2 Å². The Bertz CT molecular complexity index is 394. The number of rotatable bonds is 5. The van der Waals surface area contributed by atoms with Gasteiger partial charge in [-0.1, -0.05) is 13.8 Å². The van der Waals surface area contributed by atoms with Crippen LogP contribution in [0.15, 0.2) is 12.3 Å². The quantitative estimate of drug-likeness (QED) is 0.453. The van der Waals surface area contributed by atoms with Crippen molar-refractivity contribution in [3.63, 3.8) is 0 Å². The summed E-state index contributed by atoms with van der Waals surface area (Å²) >= 11 is 0. The van der Waals surface area contributed by atoms with Gasteiger partial charge < -0.3 is 4.74 Å². The van der Waals surface area contributed by atoms with Crippen molar-refractivity contribution in [2.45, 2.75) is 26.7 Å². The smallest absolute Gasteiger partial charge is 0.341 e. The first kappa shape index (κ1) is 13.5. The normalized spacial score (nSPS) is 10.6. The van der Waals surface area contributed by atoms with E-state index in [9.17, 15) is 13.6 Å². The van der Waals surface area contributed by atoms with Crippen LogP contribution >= 0.6 is 0 Å². The molecule has 0 aromatic carbocycles. The predicted octanol–water partition coefficient (Wildman–Crippen LogP) is 2.95. The van der Waals surface area contributed by atoms with Gasteiger partial charge in [-0.15, -0.1) is 0 Å². The van der Waals surface area contributed by atoms with E-state index in [1.54, 1.807) is 0 Å². The van der Waals surface area contributed by atoms with Crippen LogP contribution in [0.2, 0.25) is 0 Å². The lowest BCUT2D eigenvalue weighted by Crippen LogP contribution is -2.10. The summed E-state index contributed by atoms with van der Waals surface area (Å²) in [7, 11) is 0. The maximum Gasteiger partial charge on any atom is 0.341 e. The van der Waals surface area contributed by atoms with Gasteiger partial charge in [0.25, 0.3) is 0 Å². The molecular formula is C12H15F2NO2. The summed E-state index contributed by atoms with van der Waals surface area (Å²) in [4.78, 5) is 14.5. The number of pyridine rings is 1. The highest BCUT2D eigenvalue weighted by Crippen LogP contribution is 2.11. The molecule has 1 heterocycles. The first-order chi connectivity index (χ1) is 8.02. The second kappa shape index (κ2) is 6.27. The Morgan fingerprint density at radius 2 is 2.18 bits per heavy atom. The second-order valence-corrected chi connectivity index (χ2v) is 4.14. The van der Waals surface area contributed by atoms with Gasteiger partial charge in [-0.3, -0.25) is 0 Å². The molecule has 0 aliphatic rings. The molecule has 1 rings (SSSR count). The maximum absolute atomic E-state index is 13.2. The number of hydrogen-bond donors (Lipinski definition) is 0. The Morgan fingerprint density at radius 1 is 1.47 bits per heavy atom. The maximum atomic E-state index is 13.2. The summed E-state index contributed by atoms with van der Waals surface area (Å²) in [6.45, 7) is 4.32. The van der Waals surface area contributed by atoms with E-state index in [2.05, 4.69) is 18.8 Å². The van der Waals surface area contributed by atoms with Crippen molar-refractivity contribution in [1.82, 2.24) is 4.98 Å². The van der Waals surface area contributed by atoms with E-state index in [1.165, 1.54) is 0 Å². The molecule has 0 saturated heterocycles. The molecule has 0 spiro atoms. The van der Waals surface area contributed by atoms with Gasteiger partial charge >= 0.3 is 5.97 Å². The molecule has 3 nitrogen and oxygen atoms in total. The van der Waals surface area contributed by atoms with E-state index < -0.39 is 23.3 Å². The van der Waals surface area contributed by atoms with Gasteiger partial charge in [0.05, 0.1) is 6.61 Å². The Balaban J connectivity index is 2.50. The van der Waals surface area contributed by atoms with Crippen molar-refractivity contribution in [2.24, 2.45) is 5.92 Å². The highest BCUT2D eigenvalue weighted by molar-refractivity contribution is 5.89. The molecule has 0 radical (unpaired) electrons. The summed E-state index contributed by atoms with van der Waals surface area (Å²) in [5.41, 5.74) is -0.415. The topological polar surface area (TPSA) is 39.2 Å². The van der Waals surface area contributed by atoms with Crippen molar-refractivity contribution in [1.29, 1.82) is 0 Å². The molecule has 0 atom stereocenters. The van der Waals surface area contributed by atoms with Crippen molar-refractivity contribution in [3.8, 4) is 0 Å². The average Bonchev–Trinajstić information content (AvgIpc) is 2.27. The average molecular weight is 243 g/mol. The molecule has 0 fully saturated rings. The van der Waals surface area contributed by atoms with Crippen LogP contribution < -0.4 is 0 Å². The lowest BCUT2D eigenvalue weighted by atomic mass is 10.1. The molecule has 0 bridgehead atoms. The molecule has 0 N–H and O–H groups in total.